The summed E-state index contributed by atoms with van der Waals surface area (Å²) in [5.74, 6) is 2.86. The van der Waals surface area contributed by atoms with E-state index in [0.29, 0.717) is 60.2 Å². The lowest BCUT2D eigenvalue weighted by Crippen LogP contribution is -2.56. The number of aliphatic hydroxyl groups is 2. The Bertz CT molecular complexity index is 1120. The van der Waals surface area contributed by atoms with E-state index in [1.54, 1.807) is 13.8 Å². The van der Waals surface area contributed by atoms with Gasteiger partial charge >= 0.3 is 0 Å². The fourth-order valence-corrected chi connectivity index (χ4v) is 12.7. The molecule has 7 fully saturated rings. The first-order chi connectivity index (χ1) is 20.6. The van der Waals surface area contributed by atoms with Crippen molar-refractivity contribution in [1.82, 2.24) is 9.80 Å². The Balaban J connectivity index is 1.04. The Kier molecular flexibility index (Phi) is 7.68. The predicted molar refractivity (Wildman–Crippen MR) is 168 cm³/mol. The molecule has 0 bridgehead atoms. The second-order valence-corrected chi connectivity index (χ2v) is 17.9. The molecule has 2 heterocycles. The van der Waals surface area contributed by atoms with E-state index < -0.39 is 11.7 Å². The van der Waals surface area contributed by atoms with Crippen LogP contribution in [0.3, 0.4) is 0 Å². The van der Waals surface area contributed by atoms with Gasteiger partial charge in [-0.1, -0.05) is 20.8 Å². The molecule has 0 aromatic heterocycles. The van der Waals surface area contributed by atoms with Crippen LogP contribution in [0.4, 0.5) is 0 Å². The van der Waals surface area contributed by atoms with Crippen LogP contribution in [0.2, 0.25) is 0 Å². The van der Waals surface area contributed by atoms with Gasteiger partial charge in [0.05, 0.1) is 43.6 Å². The van der Waals surface area contributed by atoms with Gasteiger partial charge in [-0.15, -0.1) is 0 Å². The Morgan fingerprint density at radius 1 is 1.02 bits per heavy atom. The maximum absolute atomic E-state index is 12.8. The molecule has 2 spiro atoms. The van der Waals surface area contributed by atoms with Crippen molar-refractivity contribution < 1.29 is 29.2 Å². The fourth-order valence-electron chi connectivity index (χ4n) is 12.7. The summed E-state index contributed by atoms with van der Waals surface area (Å²) in [7, 11) is 3.87. The van der Waals surface area contributed by atoms with Gasteiger partial charge < -0.3 is 34.2 Å². The van der Waals surface area contributed by atoms with Crippen LogP contribution in [0.25, 0.3) is 0 Å². The maximum Gasteiger partial charge on any atom is 0.236 e. The zero-order valence-electron chi connectivity index (χ0n) is 28.5. The van der Waals surface area contributed by atoms with Gasteiger partial charge in [0.1, 0.15) is 6.10 Å². The molecular formula is C36H60N2O6. The molecule has 0 radical (unpaired) electrons. The first-order valence-corrected chi connectivity index (χ1v) is 17.9. The Morgan fingerprint density at radius 3 is 2.50 bits per heavy atom. The van der Waals surface area contributed by atoms with Crippen molar-refractivity contribution >= 4 is 5.91 Å². The van der Waals surface area contributed by atoms with Crippen LogP contribution in [0.1, 0.15) is 98.8 Å². The maximum atomic E-state index is 12.8. The van der Waals surface area contributed by atoms with E-state index in [2.05, 4.69) is 20.8 Å². The van der Waals surface area contributed by atoms with E-state index in [1.807, 2.05) is 23.9 Å². The van der Waals surface area contributed by atoms with Crippen molar-refractivity contribution in [3.8, 4) is 0 Å². The van der Waals surface area contributed by atoms with E-state index in [4.69, 9.17) is 14.2 Å². The second-order valence-electron chi connectivity index (χ2n) is 17.9. The highest BCUT2D eigenvalue weighted by atomic mass is 16.7. The number of amides is 1. The molecule has 7 aliphatic rings. The van der Waals surface area contributed by atoms with Gasteiger partial charge in [-0.2, -0.15) is 0 Å². The number of aliphatic hydroxyl groups excluding tert-OH is 1. The van der Waals surface area contributed by atoms with Crippen molar-refractivity contribution in [3.63, 3.8) is 0 Å². The highest BCUT2D eigenvalue weighted by Gasteiger charge is 2.80. The lowest BCUT2D eigenvalue weighted by atomic mass is 9.46. The van der Waals surface area contributed by atoms with Gasteiger partial charge in [0, 0.05) is 6.54 Å². The van der Waals surface area contributed by atoms with Gasteiger partial charge in [-0.05, 0) is 137 Å². The lowest BCUT2D eigenvalue weighted by Gasteiger charge is -2.60. The zero-order chi connectivity index (χ0) is 31.4. The summed E-state index contributed by atoms with van der Waals surface area (Å²) < 4.78 is 19.6. The van der Waals surface area contributed by atoms with Crippen LogP contribution in [-0.4, -0.2) is 103 Å². The number of rotatable bonds is 6. The van der Waals surface area contributed by atoms with Crippen molar-refractivity contribution in [1.29, 1.82) is 0 Å². The molecular weight excluding hydrogens is 556 g/mol. The number of ether oxygens (including phenoxy) is 3. The number of nitrogens with zero attached hydrogens (tertiary/aromatic N) is 2. The molecule has 250 valence electrons. The minimum Gasteiger partial charge on any atom is -0.388 e. The third-order valence-corrected chi connectivity index (χ3v) is 14.8. The number of carbonyl (C=O) groups excluding carboxylic acids is 1. The number of fused-ring (bicyclic) bond motifs is 4. The van der Waals surface area contributed by atoms with Crippen LogP contribution in [-0.2, 0) is 19.0 Å². The highest BCUT2D eigenvalue weighted by Crippen LogP contribution is 2.87. The average Bonchev–Trinajstić information content (AvgIpc) is 3.53. The molecule has 2 saturated heterocycles. The van der Waals surface area contributed by atoms with Crippen LogP contribution < -0.4 is 0 Å². The molecule has 5 aliphatic carbocycles. The minimum atomic E-state index is -1.14. The normalized spacial score (nSPS) is 48.5. The van der Waals surface area contributed by atoms with Crippen LogP contribution in [0, 0.1) is 45.3 Å². The Hall–Kier alpha value is -0.770. The number of likely N-dealkylation sites (N-methyl/N-ethyl adjacent to an activating group) is 1. The Labute approximate surface area is 265 Å². The molecule has 8 heteroatoms. The summed E-state index contributed by atoms with van der Waals surface area (Å²) >= 11 is 0. The third-order valence-electron chi connectivity index (χ3n) is 14.8. The van der Waals surface area contributed by atoms with Gasteiger partial charge in [-0.3, -0.25) is 4.79 Å². The van der Waals surface area contributed by atoms with Crippen molar-refractivity contribution in [2.45, 2.75) is 135 Å². The number of hydrogen-bond donors (Lipinski definition) is 2. The summed E-state index contributed by atoms with van der Waals surface area (Å²) in [5, 5.41) is 21.3. The predicted octanol–water partition coefficient (Wildman–Crippen LogP) is 4.46. The topological polar surface area (TPSA) is 91.7 Å². The van der Waals surface area contributed by atoms with Gasteiger partial charge in [0.25, 0.3) is 0 Å². The largest absolute Gasteiger partial charge is 0.388 e. The minimum absolute atomic E-state index is 0.0694. The molecule has 0 aromatic rings. The lowest BCUT2D eigenvalue weighted by molar-refractivity contribution is -0.244. The van der Waals surface area contributed by atoms with Gasteiger partial charge in [0.15, 0.2) is 6.29 Å². The van der Waals surface area contributed by atoms with Crippen LogP contribution in [0.5, 0.6) is 0 Å². The summed E-state index contributed by atoms with van der Waals surface area (Å²) in [6.45, 7) is 13.0. The molecule has 12 atom stereocenters. The van der Waals surface area contributed by atoms with Gasteiger partial charge in [0.2, 0.25) is 5.91 Å². The standard InChI is InChI=1S/C36H60N2O6/c1-32(2)27-11-9-22-24-18-26-23(8-10-25(43-26)31(40)33(3,4)41)34(24,5)14-15-35(22)21-36(27,35)13-12-28(32)44-30-20-38(16-17-42-30)29(39)19-37(6)7/h22-28,30-31,40-41H,8-21H2,1-7H3/t22?,23?,24?,25?,26?,27?,28-,30?,31-,34+,35-,36+/m0/s1. The molecule has 44 heavy (non-hydrogen) atoms. The molecule has 1 amide bonds. The van der Waals surface area contributed by atoms with Crippen molar-refractivity contribution in [2.24, 2.45) is 45.3 Å². The van der Waals surface area contributed by atoms with Crippen LogP contribution in [0.15, 0.2) is 0 Å². The summed E-state index contributed by atoms with van der Waals surface area (Å²) in [6.07, 6.45) is 11.0. The second kappa shape index (κ2) is 10.6. The highest BCUT2D eigenvalue weighted by molar-refractivity contribution is 5.78. The monoisotopic (exact) mass is 616 g/mol. The number of carbonyl (C=O) groups is 1. The molecule has 5 saturated carbocycles. The SMILES string of the molecule is CN(C)CC(=O)N1CCOC(O[C@H]2CC[C@]34C[C@]35CC[C@]3(C)C6CCC([C@H](O)C(C)(C)O)OC6CC3C5CCC4C2(C)C)C1. The summed E-state index contributed by atoms with van der Waals surface area (Å²) in [6, 6.07) is 0. The summed E-state index contributed by atoms with van der Waals surface area (Å²) in [4.78, 5) is 16.6. The average molecular weight is 617 g/mol. The third kappa shape index (κ3) is 4.69. The molecule has 0 aromatic carbocycles. The van der Waals surface area contributed by atoms with Gasteiger partial charge in [-0.25, -0.2) is 0 Å². The molecule has 2 N–H and O–H groups in total. The molecule has 7 unspecified atom stereocenters. The Morgan fingerprint density at radius 2 is 1.77 bits per heavy atom. The van der Waals surface area contributed by atoms with E-state index in [1.165, 1.54) is 38.5 Å². The number of hydrogen-bond acceptors (Lipinski definition) is 7. The quantitative estimate of drug-likeness (QED) is 0.456. The van der Waals surface area contributed by atoms with Crippen molar-refractivity contribution in [2.75, 3.05) is 40.3 Å². The zero-order valence-corrected chi connectivity index (χ0v) is 28.5. The smallest absolute Gasteiger partial charge is 0.236 e. The van der Waals surface area contributed by atoms with Crippen LogP contribution >= 0.6 is 0 Å². The fraction of sp³-hybridized carbons (Fsp3) is 0.972. The van der Waals surface area contributed by atoms with E-state index in [9.17, 15) is 15.0 Å². The first kappa shape index (κ1) is 31.8. The van der Waals surface area contributed by atoms with E-state index >= 15 is 0 Å². The molecule has 2 aliphatic heterocycles. The molecule has 7 rings (SSSR count). The van der Waals surface area contributed by atoms with Crippen molar-refractivity contribution in [3.05, 3.63) is 0 Å². The number of morpholine rings is 1. The van der Waals surface area contributed by atoms with E-state index in [-0.39, 0.29) is 35.9 Å². The molecule has 8 nitrogen and oxygen atoms in total. The first-order valence-electron chi connectivity index (χ1n) is 17.9. The summed E-state index contributed by atoms with van der Waals surface area (Å²) in [5.41, 5.74) is 0.164. The van der Waals surface area contributed by atoms with E-state index in [0.717, 1.165) is 31.6 Å².